The molecule has 0 radical (unpaired) electrons. The lowest BCUT2D eigenvalue weighted by molar-refractivity contribution is -0.120. The Hall–Kier alpha value is -3.55. The molecular formula is C22H27N3O5. The second-order valence-electron chi connectivity index (χ2n) is 7.47. The minimum atomic E-state index is -0.662. The minimum Gasteiger partial charge on any atom is -0.497 e. The van der Waals surface area contributed by atoms with Crippen molar-refractivity contribution in [3.8, 4) is 5.75 Å². The molecule has 0 fully saturated rings. The molecule has 8 heteroatoms. The molecule has 160 valence electrons. The van der Waals surface area contributed by atoms with Crippen LogP contribution in [0.25, 0.3) is 0 Å². The number of benzene rings is 2. The molecule has 3 N–H and O–H groups in total. The average Bonchev–Trinajstić information content (AvgIpc) is 2.70. The number of alkyl carbamates (subject to hydrolysis) is 1. The molecule has 0 saturated heterocycles. The molecule has 0 aliphatic carbocycles. The van der Waals surface area contributed by atoms with Gasteiger partial charge in [-0.3, -0.25) is 9.59 Å². The summed E-state index contributed by atoms with van der Waals surface area (Å²) >= 11 is 0. The van der Waals surface area contributed by atoms with E-state index in [1.807, 2.05) is 6.07 Å². The Labute approximate surface area is 175 Å². The summed E-state index contributed by atoms with van der Waals surface area (Å²) in [6, 6.07) is 13.9. The highest BCUT2D eigenvalue weighted by molar-refractivity contribution is 6.04. The number of carbonyl (C=O) groups excluding carboxylic acids is 3. The van der Waals surface area contributed by atoms with E-state index in [4.69, 9.17) is 9.47 Å². The molecular weight excluding hydrogens is 386 g/mol. The number of amides is 3. The third-order valence-electron chi connectivity index (χ3n) is 3.89. The van der Waals surface area contributed by atoms with Crippen LogP contribution in [0.3, 0.4) is 0 Å². The van der Waals surface area contributed by atoms with Gasteiger partial charge in [-0.25, -0.2) is 4.79 Å². The summed E-state index contributed by atoms with van der Waals surface area (Å²) in [6.07, 6.45) is -0.662. The molecule has 0 aromatic heterocycles. The summed E-state index contributed by atoms with van der Waals surface area (Å²) in [5.74, 6) is 0.00909. The standard InChI is InChI=1S/C22H27N3O5/c1-22(2,3)30-21(28)24-14-19(26)23-13-16-7-5-6-8-18(16)25-20(27)15-9-11-17(29-4)12-10-15/h5-12H,13-14H2,1-4H3,(H,23,26)(H,24,28)(H,25,27). The molecule has 0 saturated carbocycles. The first-order valence-electron chi connectivity index (χ1n) is 9.45. The zero-order valence-corrected chi connectivity index (χ0v) is 17.6. The summed E-state index contributed by atoms with van der Waals surface area (Å²) in [5.41, 5.74) is 1.15. The minimum absolute atomic E-state index is 0.188. The molecule has 0 unspecified atom stereocenters. The van der Waals surface area contributed by atoms with Crippen molar-refractivity contribution in [2.24, 2.45) is 0 Å². The number of nitrogens with one attached hydrogen (secondary N) is 3. The summed E-state index contributed by atoms with van der Waals surface area (Å²) < 4.78 is 10.2. The largest absolute Gasteiger partial charge is 0.497 e. The molecule has 0 aliphatic rings. The van der Waals surface area contributed by atoms with E-state index >= 15 is 0 Å². The van der Waals surface area contributed by atoms with Gasteiger partial charge < -0.3 is 25.4 Å². The lowest BCUT2D eigenvalue weighted by Gasteiger charge is -2.19. The number of hydrogen-bond acceptors (Lipinski definition) is 5. The lowest BCUT2D eigenvalue weighted by Crippen LogP contribution is -2.39. The molecule has 3 amide bonds. The number of methoxy groups -OCH3 is 1. The van der Waals surface area contributed by atoms with Gasteiger partial charge >= 0.3 is 6.09 Å². The summed E-state index contributed by atoms with van der Waals surface area (Å²) in [7, 11) is 1.56. The monoisotopic (exact) mass is 413 g/mol. The van der Waals surface area contributed by atoms with E-state index in [1.54, 1.807) is 70.3 Å². The Morgan fingerprint density at radius 1 is 0.933 bits per heavy atom. The van der Waals surface area contributed by atoms with Gasteiger partial charge in [0.15, 0.2) is 0 Å². The highest BCUT2D eigenvalue weighted by atomic mass is 16.6. The van der Waals surface area contributed by atoms with E-state index in [-0.39, 0.29) is 24.9 Å². The van der Waals surface area contributed by atoms with Crippen LogP contribution in [0.5, 0.6) is 5.75 Å². The molecule has 0 spiro atoms. The van der Waals surface area contributed by atoms with Gasteiger partial charge in [0.1, 0.15) is 17.9 Å². The molecule has 30 heavy (non-hydrogen) atoms. The van der Waals surface area contributed by atoms with E-state index in [0.717, 1.165) is 5.56 Å². The van der Waals surface area contributed by atoms with Crippen LogP contribution in [0.15, 0.2) is 48.5 Å². The van der Waals surface area contributed by atoms with Gasteiger partial charge in [0.05, 0.1) is 7.11 Å². The number of anilines is 1. The topological polar surface area (TPSA) is 106 Å². The second-order valence-corrected chi connectivity index (χ2v) is 7.47. The van der Waals surface area contributed by atoms with Crippen molar-refractivity contribution in [1.82, 2.24) is 10.6 Å². The first-order chi connectivity index (χ1) is 14.2. The highest BCUT2D eigenvalue weighted by Crippen LogP contribution is 2.17. The van der Waals surface area contributed by atoms with Crippen molar-refractivity contribution in [3.05, 3.63) is 59.7 Å². The summed E-state index contributed by atoms with van der Waals surface area (Å²) in [5, 5.41) is 7.95. The van der Waals surface area contributed by atoms with Crippen LogP contribution in [0.4, 0.5) is 10.5 Å². The molecule has 2 aromatic carbocycles. The van der Waals surface area contributed by atoms with Crippen molar-refractivity contribution in [2.45, 2.75) is 32.9 Å². The van der Waals surface area contributed by atoms with E-state index < -0.39 is 11.7 Å². The number of para-hydroxylation sites is 1. The van der Waals surface area contributed by atoms with Gasteiger partial charge in [-0.2, -0.15) is 0 Å². The number of ether oxygens (including phenoxy) is 2. The van der Waals surface area contributed by atoms with E-state index in [2.05, 4.69) is 16.0 Å². The van der Waals surface area contributed by atoms with Crippen molar-refractivity contribution < 1.29 is 23.9 Å². The Balaban J connectivity index is 1.91. The second kappa shape index (κ2) is 10.3. The maximum Gasteiger partial charge on any atom is 0.408 e. The van der Waals surface area contributed by atoms with Crippen molar-refractivity contribution in [1.29, 1.82) is 0 Å². The first-order valence-corrected chi connectivity index (χ1v) is 9.45. The van der Waals surface area contributed by atoms with Crippen LogP contribution in [0.1, 0.15) is 36.7 Å². The van der Waals surface area contributed by atoms with Crippen LogP contribution in [0, 0.1) is 0 Å². The summed E-state index contributed by atoms with van der Waals surface area (Å²) in [4.78, 5) is 36.1. The molecule has 2 rings (SSSR count). The van der Waals surface area contributed by atoms with Crippen molar-refractivity contribution in [2.75, 3.05) is 19.0 Å². The van der Waals surface area contributed by atoms with Gasteiger partial charge in [-0.15, -0.1) is 0 Å². The Kier molecular flexibility index (Phi) is 7.80. The van der Waals surface area contributed by atoms with Crippen LogP contribution in [0.2, 0.25) is 0 Å². The van der Waals surface area contributed by atoms with E-state index in [1.165, 1.54) is 0 Å². The fraction of sp³-hybridized carbons (Fsp3) is 0.318. The van der Waals surface area contributed by atoms with Gasteiger partial charge in [0.25, 0.3) is 5.91 Å². The molecule has 0 atom stereocenters. The predicted molar refractivity (Wildman–Crippen MR) is 113 cm³/mol. The van der Waals surface area contributed by atoms with Crippen LogP contribution in [-0.2, 0) is 16.1 Å². The number of hydrogen-bond donors (Lipinski definition) is 3. The van der Waals surface area contributed by atoms with E-state index in [0.29, 0.717) is 17.0 Å². The Morgan fingerprint density at radius 2 is 1.60 bits per heavy atom. The number of carbonyl (C=O) groups is 3. The summed E-state index contributed by atoms with van der Waals surface area (Å²) in [6.45, 7) is 5.20. The van der Waals surface area contributed by atoms with E-state index in [9.17, 15) is 14.4 Å². The predicted octanol–water partition coefficient (Wildman–Crippen LogP) is 3.09. The molecule has 8 nitrogen and oxygen atoms in total. The molecule has 2 aromatic rings. The average molecular weight is 413 g/mol. The molecule has 0 heterocycles. The van der Waals surface area contributed by atoms with Gasteiger partial charge in [0.2, 0.25) is 5.91 Å². The fourth-order valence-corrected chi connectivity index (χ4v) is 2.46. The van der Waals surface area contributed by atoms with Crippen LogP contribution < -0.4 is 20.7 Å². The van der Waals surface area contributed by atoms with Crippen LogP contribution in [-0.4, -0.2) is 37.2 Å². The highest BCUT2D eigenvalue weighted by Gasteiger charge is 2.16. The van der Waals surface area contributed by atoms with Gasteiger partial charge in [0, 0.05) is 17.8 Å². The first kappa shape index (κ1) is 22.7. The maximum absolute atomic E-state index is 12.5. The quantitative estimate of drug-likeness (QED) is 0.647. The van der Waals surface area contributed by atoms with Crippen molar-refractivity contribution in [3.63, 3.8) is 0 Å². The normalized spacial score (nSPS) is 10.7. The SMILES string of the molecule is COc1ccc(C(=O)Nc2ccccc2CNC(=O)CNC(=O)OC(C)(C)C)cc1. The van der Waals surface area contributed by atoms with Crippen molar-refractivity contribution >= 4 is 23.6 Å². The smallest absolute Gasteiger partial charge is 0.408 e. The third-order valence-corrected chi connectivity index (χ3v) is 3.89. The third kappa shape index (κ3) is 7.46. The Bertz CT molecular complexity index is 888. The van der Waals surface area contributed by atoms with Gasteiger partial charge in [-0.1, -0.05) is 18.2 Å². The zero-order valence-electron chi connectivity index (χ0n) is 17.6. The van der Waals surface area contributed by atoms with Gasteiger partial charge in [-0.05, 0) is 56.7 Å². The molecule has 0 aliphatic heterocycles. The zero-order chi connectivity index (χ0) is 22.1. The maximum atomic E-state index is 12.5. The molecule has 0 bridgehead atoms. The lowest BCUT2D eigenvalue weighted by atomic mass is 10.1. The Morgan fingerprint density at radius 3 is 2.23 bits per heavy atom. The van der Waals surface area contributed by atoms with Crippen LogP contribution >= 0.6 is 0 Å². The fourth-order valence-electron chi connectivity index (χ4n) is 2.46. The number of rotatable bonds is 7.